The lowest BCUT2D eigenvalue weighted by Gasteiger charge is -2.17. The summed E-state index contributed by atoms with van der Waals surface area (Å²) in [6.07, 6.45) is 0.233. The van der Waals surface area contributed by atoms with Gasteiger partial charge in [-0.25, -0.2) is 13.1 Å². The largest absolute Gasteiger partial charge is 0.394 e. The molecule has 0 heterocycles. The topological polar surface area (TPSA) is 90.2 Å². The number of nitrogens with one attached hydrogen (secondary N) is 1. The van der Waals surface area contributed by atoms with Crippen molar-refractivity contribution in [3.8, 4) is 6.07 Å². The van der Waals surface area contributed by atoms with Crippen LogP contribution in [0.4, 0.5) is 0 Å². The predicted molar refractivity (Wildman–Crippen MR) is 82.3 cm³/mol. The van der Waals surface area contributed by atoms with Crippen LogP contribution in [0.2, 0.25) is 0 Å². The molecule has 1 unspecified atom stereocenters. The molecule has 5 nitrogen and oxygen atoms in total. The van der Waals surface area contributed by atoms with Crippen molar-refractivity contribution >= 4 is 10.0 Å². The molecule has 0 aliphatic carbocycles. The standard InChI is InChI=1S/C16H16N2O3S/c17-11-10-13-6-8-15(9-7-13)22(20,21)18-16(12-19)14-4-2-1-3-5-14/h1-9,16,18-19H,10,12H2. The van der Waals surface area contributed by atoms with Crippen LogP contribution in [-0.2, 0) is 16.4 Å². The molecule has 2 aromatic rings. The molecule has 2 N–H and O–H groups in total. The van der Waals surface area contributed by atoms with Gasteiger partial charge >= 0.3 is 0 Å². The van der Waals surface area contributed by atoms with Gasteiger partial charge < -0.3 is 5.11 Å². The van der Waals surface area contributed by atoms with Crippen LogP contribution in [0.1, 0.15) is 17.2 Å². The Bertz CT molecular complexity index is 750. The van der Waals surface area contributed by atoms with Crippen molar-refractivity contribution in [2.75, 3.05) is 6.61 Å². The lowest BCUT2D eigenvalue weighted by atomic mass is 10.1. The third-order valence-corrected chi connectivity index (χ3v) is 4.69. The highest BCUT2D eigenvalue weighted by Gasteiger charge is 2.20. The minimum atomic E-state index is -3.74. The van der Waals surface area contributed by atoms with E-state index in [4.69, 9.17) is 5.26 Å². The molecule has 6 heteroatoms. The molecule has 0 saturated heterocycles. The van der Waals surface area contributed by atoms with Crippen molar-refractivity contribution < 1.29 is 13.5 Å². The van der Waals surface area contributed by atoms with E-state index in [0.717, 1.165) is 5.56 Å². The second-order valence-corrected chi connectivity index (χ2v) is 6.46. The number of benzene rings is 2. The molecule has 0 amide bonds. The van der Waals surface area contributed by atoms with E-state index in [2.05, 4.69) is 4.72 Å². The summed E-state index contributed by atoms with van der Waals surface area (Å²) in [5.41, 5.74) is 1.44. The first-order valence-corrected chi connectivity index (χ1v) is 8.19. The maximum atomic E-state index is 12.4. The fourth-order valence-electron chi connectivity index (χ4n) is 2.03. The summed E-state index contributed by atoms with van der Waals surface area (Å²) >= 11 is 0. The number of nitrogens with zero attached hydrogens (tertiary/aromatic N) is 1. The Morgan fingerprint density at radius 2 is 1.73 bits per heavy atom. The zero-order valence-electron chi connectivity index (χ0n) is 11.8. The molecule has 0 saturated carbocycles. The van der Waals surface area contributed by atoms with Crippen molar-refractivity contribution in [2.45, 2.75) is 17.4 Å². The summed E-state index contributed by atoms with van der Waals surface area (Å²) in [7, 11) is -3.74. The van der Waals surface area contributed by atoms with E-state index in [0.29, 0.717) is 5.56 Å². The van der Waals surface area contributed by atoms with E-state index in [9.17, 15) is 13.5 Å². The second-order valence-electron chi connectivity index (χ2n) is 4.75. The monoisotopic (exact) mass is 316 g/mol. The summed E-state index contributed by atoms with van der Waals surface area (Å²) in [4.78, 5) is 0.101. The van der Waals surface area contributed by atoms with Crippen LogP contribution in [0.15, 0.2) is 59.5 Å². The van der Waals surface area contributed by atoms with E-state index in [1.807, 2.05) is 12.1 Å². The molecular formula is C16H16N2O3S. The Morgan fingerprint density at radius 1 is 1.09 bits per heavy atom. The SMILES string of the molecule is N#CCc1ccc(S(=O)(=O)NC(CO)c2ccccc2)cc1. The number of hydrogen-bond acceptors (Lipinski definition) is 4. The normalized spacial score (nSPS) is 12.5. The Hall–Kier alpha value is -2.20. The maximum Gasteiger partial charge on any atom is 0.241 e. The molecule has 0 bridgehead atoms. The molecule has 0 aliphatic rings. The van der Waals surface area contributed by atoms with Crippen LogP contribution in [-0.4, -0.2) is 20.1 Å². The van der Waals surface area contributed by atoms with Gasteiger partial charge in [0.25, 0.3) is 0 Å². The minimum absolute atomic E-state index is 0.101. The van der Waals surface area contributed by atoms with Gasteiger partial charge in [-0.15, -0.1) is 0 Å². The van der Waals surface area contributed by atoms with Gasteiger partial charge in [-0.1, -0.05) is 42.5 Å². The Balaban J connectivity index is 2.21. The van der Waals surface area contributed by atoms with E-state index in [-0.39, 0.29) is 17.9 Å². The van der Waals surface area contributed by atoms with Crippen LogP contribution in [0.25, 0.3) is 0 Å². The summed E-state index contributed by atoms with van der Waals surface area (Å²) in [5.74, 6) is 0. The van der Waals surface area contributed by atoms with Crippen LogP contribution < -0.4 is 4.72 Å². The van der Waals surface area contributed by atoms with Gasteiger partial charge in [0.15, 0.2) is 0 Å². The quantitative estimate of drug-likeness (QED) is 0.850. The lowest BCUT2D eigenvalue weighted by molar-refractivity contribution is 0.259. The van der Waals surface area contributed by atoms with Crippen molar-refractivity contribution in [1.29, 1.82) is 5.26 Å². The first-order valence-electron chi connectivity index (χ1n) is 6.71. The number of sulfonamides is 1. The van der Waals surface area contributed by atoms with E-state index < -0.39 is 16.1 Å². The van der Waals surface area contributed by atoms with Gasteiger partial charge in [0.2, 0.25) is 10.0 Å². The number of nitriles is 1. The highest BCUT2D eigenvalue weighted by molar-refractivity contribution is 7.89. The molecule has 0 aliphatic heterocycles. The lowest BCUT2D eigenvalue weighted by Crippen LogP contribution is -2.30. The zero-order chi connectivity index (χ0) is 16.0. The van der Waals surface area contributed by atoms with Crippen molar-refractivity contribution in [2.24, 2.45) is 0 Å². The smallest absolute Gasteiger partial charge is 0.241 e. The van der Waals surface area contributed by atoms with Gasteiger partial charge in [-0.2, -0.15) is 5.26 Å². The van der Waals surface area contributed by atoms with Gasteiger partial charge in [0, 0.05) is 0 Å². The summed E-state index contributed by atoms with van der Waals surface area (Å²) in [6, 6.07) is 16.3. The molecular weight excluding hydrogens is 300 g/mol. The third kappa shape index (κ3) is 3.92. The first kappa shape index (κ1) is 16.2. The molecule has 2 rings (SSSR count). The van der Waals surface area contributed by atoms with Gasteiger partial charge in [-0.3, -0.25) is 0 Å². The number of rotatable bonds is 6. The number of hydrogen-bond donors (Lipinski definition) is 2. The average molecular weight is 316 g/mol. The van der Waals surface area contributed by atoms with E-state index >= 15 is 0 Å². The first-order chi connectivity index (χ1) is 10.6. The molecule has 114 valence electrons. The van der Waals surface area contributed by atoms with Gasteiger partial charge in [0.05, 0.1) is 30.0 Å². The fourth-order valence-corrected chi connectivity index (χ4v) is 3.24. The highest BCUT2D eigenvalue weighted by Crippen LogP contribution is 2.17. The van der Waals surface area contributed by atoms with E-state index in [1.54, 1.807) is 36.4 Å². The van der Waals surface area contributed by atoms with E-state index in [1.165, 1.54) is 12.1 Å². The highest BCUT2D eigenvalue weighted by atomic mass is 32.2. The van der Waals surface area contributed by atoms with Crippen molar-refractivity contribution in [3.63, 3.8) is 0 Å². The third-order valence-electron chi connectivity index (χ3n) is 3.20. The molecule has 0 fully saturated rings. The molecule has 2 aromatic carbocycles. The second kappa shape index (κ2) is 7.18. The Morgan fingerprint density at radius 3 is 2.27 bits per heavy atom. The summed E-state index contributed by atoms with van der Waals surface area (Å²) in [6.45, 7) is -0.338. The van der Waals surface area contributed by atoms with Crippen molar-refractivity contribution in [1.82, 2.24) is 4.72 Å². The molecule has 0 radical (unpaired) electrons. The fraction of sp³-hybridized carbons (Fsp3) is 0.188. The Labute approximate surface area is 129 Å². The molecule has 0 aromatic heterocycles. The Kier molecular flexibility index (Phi) is 5.28. The molecule has 0 spiro atoms. The van der Waals surface area contributed by atoms with Crippen molar-refractivity contribution in [3.05, 3.63) is 65.7 Å². The number of aliphatic hydroxyl groups is 1. The average Bonchev–Trinajstić information content (AvgIpc) is 2.54. The predicted octanol–water partition coefficient (Wildman–Crippen LogP) is 1.76. The minimum Gasteiger partial charge on any atom is -0.394 e. The molecule has 22 heavy (non-hydrogen) atoms. The van der Waals surface area contributed by atoms with Crippen LogP contribution in [0.5, 0.6) is 0 Å². The zero-order valence-corrected chi connectivity index (χ0v) is 12.6. The van der Waals surface area contributed by atoms with Gasteiger partial charge in [-0.05, 0) is 23.3 Å². The summed E-state index contributed by atoms with van der Waals surface area (Å²) in [5, 5.41) is 18.1. The molecule has 1 atom stereocenters. The summed E-state index contributed by atoms with van der Waals surface area (Å²) < 4.78 is 27.2. The number of aliphatic hydroxyl groups excluding tert-OH is 1. The van der Waals surface area contributed by atoms with Crippen LogP contribution in [0.3, 0.4) is 0 Å². The maximum absolute atomic E-state index is 12.4. The van der Waals surface area contributed by atoms with Crippen LogP contribution in [0, 0.1) is 11.3 Å². The van der Waals surface area contributed by atoms with Crippen LogP contribution >= 0.6 is 0 Å². The van der Waals surface area contributed by atoms with Gasteiger partial charge in [0.1, 0.15) is 0 Å².